The van der Waals surface area contributed by atoms with Crippen LogP contribution in [0.1, 0.15) is 0 Å². The fraction of sp³-hybridized carbons (Fsp3) is 1.00. The molecular weight excluding hydrogens is 132 g/mol. The molecule has 4 nitrogen and oxygen atoms in total. The monoisotopic (exact) mass is 147 g/mol. The molecule has 0 aromatic heterocycles. The van der Waals surface area contributed by atoms with Crippen LogP contribution in [0.15, 0.2) is 0 Å². The number of hydrogen-bond acceptors (Lipinski definition) is 3. The molecule has 0 saturated heterocycles. The maximum absolute atomic E-state index is 6.73. The predicted molar refractivity (Wildman–Crippen MR) is 38.7 cm³/mol. The molecule has 0 spiro atoms. The lowest BCUT2D eigenvalue weighted by Gasteiger charge is -2.02. The molecule has 0 fully saturated rings. The van der Waals surface area contributed by atoms with Gasteiger partial charge in [0.05, 0.1) is 26.4 Å². The Hall–Kier alpha value is -0.160. The summed E-state index contributed by atoms with van der Waals surface area (Å²) in [5, 5.41) is 0. The van der Waals surface area contributed by atoms with E-state index in [1.54, 1.807) is 0 Å². The van der Waals surface area contributed by atoms with Gasteiger partial charge in [0.25, 0.3) is 0 Å². The van der Waals surface area contributed by atoms with Crippen LogP contribution < -0.4 is 11.5 Å². The molecule has 0 amide bonds. The molecule has 0 aromatic rings. The van der Waals surface area contributed by atoms with Crippen LogP contribution in [0.2, 0.25) is 0 Å². The van der Waals surface area contributed by atoms with Gasteiger partial charge in [-0.2, -0.15) is 0 Å². The van der Waals surface area contributed by atoms with Crippen molar-refractivity contribution in [1.82, 2.24) is 5.73 Å². The van der Waals surface area contributed by atoms with Crippen LogP contribution in [0.3, 0.4) is 0 Å². The van der Waals surface area contributed by atoms with Crippen molar-refractivity contribution < 1.29 is 9.47 Å². The highest BCUT2D eigenvalue weighted by Gasteiger charge is 1.86. The van der Waals surface area contributed by atoms with Gasteiger partial charge in [0, 0.05) is 13.1 Å². The van der Waals surface area contributed by atoms with E-state index in [0.717, 1.165) is 0 Å². The van der Waals surface area contributed by atoms with Gasteiger partial charge in [0.1, 0.15) is 0 Å². The van der Waals surface area contributed by atoms with Gasteiger partial charge >= 0.3 is 0 Å². The minimum absolute atomic E-state index is 0.316. The van der Waals surface area contributed by atoms with Gasteiger partial charge in [-0.1, -0.05) is 0 Å². The Morgan fingerprint density at radius 1 is 1.00 bits per heavy atom. The summed E-state index contributed by atoms with van der Waals surface area (Å²) >= 11 is 0. The number of hydrogen-bond donors (Lipinski definition) is 1. The Balaban J connectivity index is 2.65. The van der Waals surface area contributed by atoms with Crippen molar-refractivity contribution in [3.05, 3.63) is 0 Å². The minimum atomic E-state index is 0.316. The van der Waals surface area contributed by atoms with E-state index in [2.05, 4.69) is 0 Å². The van der Waals surface area contributed by atoms with Crippen molar-refractivity contribution >= 4 is 0 Å². The van der Waals surface area contributed by atoms with E-state index in [1.165, 1.54) is 0 Å². The second kappa shape index (κ2) is 8.84. The molecule has 0 rings (SSSR count). The highest BCUT2D eigenvalue weighted by Crippen LogP contribution is 1.75. The highest BCUT2D eigenvalue weighted by atomic mass is 16.5. The maximum Gasteiger partial charge on any atom is 0.0701 e. The normalized spacial score (nSPS) is 10.2. The maximum atomic E-state index is 6.73. The summed E-state index contributed by atoms with van der Waals surface area (Å²) in [7, 11) is 0. The lowest BCUT2D eigenvalue weighted by molar-refractivity contribution is 0.0535. The van der Waals surface area contributed by atoms with E-state index >= 15 is 0 Å². The van der Waals surface area contributed by atoms with Crippen molar-refractivity contribution in [3.63, 3.8) is 0 Å². The molecule has 0 aliphatic rings. The fourth-order valence-corrected chi connectivity index (χ4v) is 0.477. The average molecular weight is 147 g/mol. The summed E-state index contributed by atoms with van der Waals surface area (Å²) in [6, 6.07) is 0. The summed E-state index contributed by atoms with van der Waals surface area (Å²) in [5.41, 5.74) is 11.9. The third kappa shape index (κ3) is 7.84. The third-order valence-corrected chi connectivity index (χ3v) is 0.881. The lowest BCUT2D eigenvalue weighted by Crippen LogP contribution is -2.13. The zero-order valence-corrected chi connectivity index (χ0v) is 6.14. The molecule has 0 aromatic carbocycles. The summed E-state index contributed by atoms with van der Waals surface area (Å²) in [5.74, 6) is 0. The van der Waals surface area contributed by atoms with Gasteiger partial charge in [-0.25, -0.2) is 0 Å². The zero-order chi connectivity index (χ0) is 7.66. The van der Waals surface area contributed by atoms with Crippen LogP contribution >= 0.6 is 0 Å². The fourth-order valence-electron chi connectivity index (χ4n) is 0.477. The molecule has 0 aliphatic heterocycles. The summed E-state index contributed by atoms with van der Waals surface area (Å²) < 4.78 is 9.99. The quantitative estimate of drug-likeness (QED) is 0.482. The molecule has 0 aliphatic carbocycles. The van der Waals surface area contributed by atoms with E-state index in [1.807, 2.05) is 0 Å². The molecule has 61 valence electrons. The van der Waals surface area contributed by atoms with E-state index in [-0.39, 0.29) is 0 Å². The Bertz CT molecular complexity index is 53.7. The summed E-state index contributed by atoms with van der Waals surface area (Å²) in [4.78, 5) is 0. The highest BCUT2D eigenvalue weighted by molar-refractivity contribution is 4.33. The second-order valence-electron chi connectivity index (χ2n) is 1.76. The van der Waals surface area contributed by atoms with E-state index < -0.39 is 0 Å². The van der Waals surface area contributed by atoms with Gasteiger partial charge in [0.15, 0.2) is 0 Å². The van der Waals surface area contributed by atoms with Gasteiger partial charge < -0.3 is 15.2 Å². The van der Waals surface area contributed by atoms with Crippen molar-refractivity contribution in [2.45, 2.75) is 0 Å². The Morgan fingerprint density at radius 3 is 2.10 bits per heavy atom. The largest absolute Gasteiger partial charge is 0.378 e. The van der Waals surface area contributed by atoms with Gasteiger partial charge in [-0.15, -0.1) is 0 Å². The number of ether oxygens (including phenoxy) is 2. The Kier molecular flexibility index (Phi) is 8.70. The first-order chi connectivity index (χ1) is 4.91. The molecule has 0 unspecified atom stereocenters. The van der Waals surface area contributed by atoms with Gasteiger partial charge in [0.2, 0.25) is 0 Å². The SMILES string of the molecule is [NH]CCOCCOCCN. The van der Waals surface area contributed by atoms with Gasteiger partial charge in [-0.05, 0) is 0 Å². The molecule has 4 heteroatoms. The first-order valence-corrected chi connectivity index (χ1v) is 3.42. The second-order valence-corrected chi connectivity index (χ2v) is 1.76. The van der Waals surface area contributed by atoms with E-state index in [4.69, 9.17) is 20.9 Å². The van der Waals surface area contributed by atoms with E-state index in [0.29, 0.717) is 39.5 Å². The first kappa shape index (κ1) is 9.84. The van der Waals surface area contributed by atoms with Crippen LogP contribution in [-0.4, -0.2) is 39.5 Å². The van der Waals surface area contributed by atoms with Gasteiger partial charge in [-0.3, -0.25) is 5.73 Å². The topological polar surface area (TPSA) is 68.3 Å². The smallest absolute Gasteiger partial charge is 0.0701 e. The van der Waals surface area contributed by atoms with Crippen LogP contribution in [0.5, 0.6) is 0 Å². The van der Waals surface area contributed by atoms with Crippen LogP contribution in [0.4, 0.5) is 0 Å². The molecular formula is C6H15N2O2. The predicted octanol–water partition coefficient (Wildman–Crippen LogP) is -0.739. The average Bonchev–Trinajstić information content (AvgIpc) is 1.97. The molecule has 0 bridgehead atoms. The number of nitrogens with one attached hydrogen (secondary N) is 1. The standard InChI is InChI=1S/C6H15N2O2/c7-1-3-9-5-6-10-4-2-8/h7H,1-6,8H2. The van der Waals surface area contributed by atoms with Crippen LogP contribution in [-0.2, 0) is 9.47 Å². The van der Waals surface area contributed by atoms with E-state index in [9.17, 15) is 0 Å². The molecule has 0 saturated carbocycles. The number of nitrogens with two attached hydrogens (primary N) is 1. The third-order valence-electron chi connectivity index (χ3n) is 0.881. The summed E-state index contributed by atoms with van der Waals surface area (Å²) in [6.45, 7) is 3.10. The van der Waals surface area contributed by atoms with Crippen LogP contribution in [0, 0.1) is 0 Å². The zero-order valence-electron chi connectivity index (χ0n) is 6.14. The van der Waals surface area contributed by atoms with Crippen LogP contribution in [0.25, 0.3) is 0 Å². The summed E-state index contributed by atoms with van der Waals surface area (Å²) in [6.07, 6.45) is 0. The Labute approximate surface area is 61.5 Å². The van der Waals surface area contributed by atoms with Crippen molar-refractivity contribution in [3.8, 4) is 0 Å². The molecule has 0 atom stereocenters. The van der Waals surface area contributed by atoms with Crippen molar-refractivity contribution in [1.29, 1.82) is 0 Å². The first-order valence-electron chi connectivity index (χ1n) is 3.42. The lowest BCUT2D eigenvalue weighted by atomic mass is 10.7. The number of rotatable bonds is 7. The molecule has 0 heterocycles. The minimum Gasteiger partial charge on any atom is -0.378 e. The van der Waals surface area contributed by atoms with Crippen molar-refractivity contribution in [2.24, 2.45) is 5.73 Å². The molecule has 3 N–H and O–H groups in total. The Morgan fingerprint density at radius 2 is 1.60 bits per heavy atom. The van der Waals surface area contributed by atoms with Crippen molar-refractivity contribution in [2.75, 3.05) is 39.5 Å². The molecule has 10 heavy (non-hydrogen) atoms. The molecule has 1 radical (unpaired) electrons.